The molecular formula is C15H26F3NO2. The molecule has 124 valence electrons. The molecular weight excluding hydrogens is 283 g/mol. The summed E-state index contributed by atoms with van der Waals surface area (Å²) in [5, 5.41) is 9.66. The second-order valence-electron chi connectivity index (χ2n) is 5.07. The molecule has 0 aromatic heterocycles. The fourth-order valence-corrected chi connectivity index (χ4v) is 2.01. The molecule has 0 aliphatic heterocycles. The molecule has 0 radical (unpaired) electrons. The van der Waals surface area contributed by atoms with E-state index in [1.54, 1.807) is 0 Å². The lowest BCUT2D eigenvalue weighted by Crippen LogP contribution is -2.48. The molecule has 0 saturated carbocycles. The number of aliphatic hydroxyl groups is 1. The fraction of sp³-hybridized carbons (Fsp3) is 0.800. The Hall–Kier alpha value is -1.04. The van der Waals surface area contributed by atoms with Crippen molar-refractivity contribution in [2.45, 2.75) is 58.7 Å². The van der Waals surface area contributed by atoms with Gasteiger partial charge < -0.3 is 10.0 Å². The molecule has 2 atom stereocenters. The van der Waals surface area contributed by atoms with E-state index in [1.165, 1.54) is 17.9 Å². The zero-order valence-corrected chi connectivity index (χ0v) is 13.0. The number of allylic oxidation sites excluding steroid dienone is 1. The van der Waals surface area contributed by atoms with Gasteiger partial charge in [0.25, 0.3) is 0 Å². The highest BCUT2D eigenvalue weighted by molar-refractivity contribution is 5.80. The molecule has 0 aromatic carbocycles. The zero-order valence-electron chi connectivity index (χ0n) is 13.0. The summed E-state index contributed by atoms with van der Waals surface area (Å²) in [4.78, 5) is 13.5. The number of halogens is 3. The van der Waals surface area contributed by atoms with E-state index in [2.05, 4.69) is 0 Å². The maximum absolute atomic E-state index is 13.1. The first-order valence-corrected chi connectivity index (χ1v) is 7.45. The lowest BCUT2D eigenvalue weighted by Gasteiger charge is -2.30. The number of unbranched alkanes of at least 4 members (excludes halogenated alkanes) is 2. The van der Waals surface area contributed by atoms with Gasteiger partial charge in [0.05, 0.1) is 6.10 Å². The molecule has 1 N–H and O–H groups in total. The van der Waals surface area contributed by atoms with Crippen LogP contribution in [0.3, 0.4) is 0 Å². The van der Waals surface area contributed by atoms with E-state index < -0.39 is 24.1 Å². The summed E-state index contributed by atoms with van der Waals surface area (Å²) in [6.45, 7) is 5.93. The summed E-state index contributed by atoms with van der Waals surface area (Å²) in [5.41, 5.74) is 0. The molecule has 3 nitrogen and oxygen atoms in total. The van der Waals surface area contributed by atoms with E-state index in [0.29, 0.717) is 25.9 Å². The molecule has 0 heterocycles. The van der Waals surface area contributed by atoms with E-state index in [1.807, 2.05) is 13.8 Å². The number of hydrogen-bond donors (Lipinski definition) is 1. The predicted molar refractivity (Wildman–Crippen MR) is 76.8 cm³/mol. The quantitative estimate of drug-likeness (QED) is 0.662. The summed E-state index contributed by atoms with van der Waals surface area (Å²) in [5.74, 6) is -3.42. The van der Waals surface area contributed by atoms with Crippen molar-refractivity contribution >= 4 is 5.91 Å². The minimum Gasteiger partial charge on any atom is -0.388 e. The van der Waals surface area contributed by atoms with Gasteiger partial charge in [-0.15, -0.1) is 0 Å². The molecule has 0 bridgehead atoms. The van der Waals surface area contributed by atoms with Crippen molar-refractivity contribution in [1.29, 1.82) is 0 Å². The Morgan fingerprint density at radius 1 is 1.19 bits per heavy atom. The van der Waals surface area contributed by atoms with Crippen molar-refractivity contribution in [3.05, 3.63) is 12.2 Å². The van der Waals surface area contributed by atoms with Crippen LogP contribution >= 0.6 is 0 Å². The third-order valence-corrected chi connectivity index (χ3v) is 3.22. The first kappa shape index (κ1) is 20.0. The smallest absolute Gasteiger partial charge is 0.388 e. The number of amides is 1. The lowest BCUT2D eigenvalue weighted by molar-refractivity contribution is -0.202. The van der Waals surface area contributed by atoms with Crippen LogP contribution in [-0.4, -0.2) is 41.3 Å². The van der Waals surface area contributed by atoms with Crippen molar-refractivity contribution in [3.63, 3.8) is 0 Å². The average molecular weight is 309 g/mol. The van der Waals surface area contributed by atoms with Gasteiger partial charge in [-0.1, -0.05) is 38.8 Å². The summed E-state index contributed by atoms with van der Waals surface area (Å²) < 4.78 is 39.3. The van der Waals surface area contributed by atoms with Crippen LogP contribution in [0.4, 0.5) is 13.2 Å². The number of nitrogens with zero attached hydrogens (tertiary/aromatic N) is 1. The summed E-state index contributed by atoms with van der Waals surface area (Å²) in [6.07, 6.45) is -1.37. The number of hydrogen-bond acceptors (Lipinski definition) is 2. The van der Waals surface area contributed by atoms with Crippen LogP contribution in [0.25, 0.3) is 0 Å². The minimum absolute atomic E-state index is 0.296. The highest BCUT2D eigenvalue weighted by Crippen LogP contribution is 2.31. The third kappa shape index (κ3) is 6.98. The van der Waals surface area contributed by atoms with Gasteiger partial charge in [-0.3, -0.25) is 4.79 Å². The van der Waals surface area contributed by atoms with Crippen LogP contribution in [0.2, 0.25) is 0 Å². The van der Waals surface area contributed by atoms with Crippen LogP contribution in [0.15, 0.2) is 12.2 Å². The summed E-state index contributed by atoms with van der Waals surface area (Å²) in [7, 11) is 0. The molecule has 1 amide bonds. The van der Waals surface area contributed by atoms with Crippen LogP contribution in [0, 0.1) is 5.92 Å². The average Bonchev–Trinajstić information content (AvgIpc) is 2.37. The van der Waals surface area contributed by atoms with Crippen molar-refractivity contribution in [2.24, 2.45) is 5.92 Å². The molecule has 0 rings (SSSR count). The van der Waals surface area contributed by atoms with Crippen molar-refractivity contribution in [1.82, 2.24) is 4.90 Å². The molecule has 6 heteroatoms. The van der Waals surface area contributed by atoms with E-state index in [0.717, 1.165) is 18.9 Å². The second-order valence-corrected chi connectivity index (χ2v) is 5.07. The number of carbonyl (C=O) groups is 1. The van der Waals surface area contributed by atoms with E-state index in [4.69, 9.17) is 0 Å². The maximum Gasteiger partial charge on any atom is 0.403 e. The van der Waals surface area contributed by atoms with Gasteiger partial charge in [0, 0.05) is 13.1 Å². The van der Waals surface area contributed by atoms with Crippen LogP contribution in [0.5, 0.6) is 0 Å². The number of aliphatic hydroxyl groups excluding tert-OH is 1. The van der Waals surface area contributed by atoms with Gasteiger partial charge in [-0.25, -0.2) is 0 Å². The Morgan fingerprint density at radius 2 is 1.67 bits per heavy atom. The maximum atomic E-state index is 13.1. The highest BCUT2D eigenvalue weighted by atomic mass is 19.4. The standard InChI is InChI=1S/C15H26F3NO2/c1-4-7-10-19(11-8-5-2)14(21)13(15(16,17)18)12(20)9-6-3/h6,9,12-13,20H,4-5,7-8,10-11H2,1-3H3/b9-6+/t12-,13-/m1/s1. The largest absolute Gasteiger partial charge is 0.403 e. The Labute approximate surface area is 124 Å². The van der Waals surface area contributed by atoms with E-state index in [-0.39, 0.29) is 0 Å². The molecule has 0 saturated heterocycles. The topological polar surface area (TPSA) is 40.5 Å². The Bertz CT molecular complexity index is 321. The first-order chi connectivity index (χ1) is 9.79. The molecule has 0 fully saturated rings. The number of rotatable bonds is 9. The van der Waals surface area contributed by atoms with Crippen molar-refractivity contribution in [2.75, 3.05) is 13.1 Å². The monoisotopic (exact) mass is 309 g/mol. The zero-order chi connectivity index (χ0) is 16.5. The van der Waals surface area contributed by atoms with E-state index in [9.17, 15) is 23.1 Å². The van der Waals surface area contributed by atoms with Gasteiger partial charge in [0.1, 0.15) is 0 Å². The molecule has 0 aliphatic carbocycles. The molecule has 0 aromatic rings. The van der Waals surface area contributed by atoms with E-state index >= 15 is 0 Å². The van der Waals surface area contributed by atoms with Crippen LogP contribution in [-0.2, 0) is 4.79 Å². The normalized spacial score (nSPS) is 15.2. The van der Waals surface area contributed by atoms with Gasteiger partial charge in [-0.2, -0.15) is 13.2 Å². The Kier molecular flexibility index (Phi) is 9.33. The van der Waals surface area contributed by atoms with Gasteiger partial charge >= 0.3 is 6.18 Å². The van der Waals surface area contributed by atoms with Crippen molar-refractivity contribution in [3.8, 4) is 0 Å². The Morgan fingerprint density at radius 3 is 2.00 bits per heavy atom. The van der Waals surface area contributed by atoms with Gasteiger partial charge in [-0.05, 0) is 19.8 Å². The molecule has 21 heavy (non-hydrogen) atoms. The van der Waals surface area contributed by atoms with Gasteiger partial charge in [0.2, 0.25) is 5.91 Å². The third-order valence-electron chi connectivity index (χ3n) is 3.22. The fourth-order valence-electron chi connectivity index (χ4n) is 2.01. The summed E-state index contributed by atoms with van der Waals surface area (Å²) in [6, 6.07) is 0. The summed E-state index contributed by atoms with van der Waals surface area (Å²) >= 11 is 0. The van der Waals surface area contributed by atoms with Gasteiger partial charge in [0.15, 0.2) is 5.92 Å². The second kappa shape index (κ2) is 9.82. The van der Waals surface area contributed by atoms with Crippen molar-refractivity contribution < 1.29 is 23.1 Å². The number of alkyl halides is 3. The number of carbonyl (C=O) groups excluding carboxylic acids is 1. The molecule has 0 aliphatic rings. The highest BCUT2D eigenvalue weighted by Gasteiger charge is 2.49. The predicted octanol–water partition coefficient (Wildman–Crippen LogP) is 3.53. The van der Waals surface area contributed by atoms with Crippen LogP contribution < -0.4 is 0 Å². The molecule has 0 unspecified atom stereocenters. The molecule has 0 spiro atoms. The first-order valence-electron chi connectivity index (χ1n) is 7.45. The lowest BCUT2D eigenvalue weighted by atomic mass is 9.99. The van der Waals surface area contributed by atoms with Crippen LogP contribution in [0.1, 0.15) is 46.5 Å². The minimum atomic E-state index is -4.76. The Balaban J connectivity index is 5.17. The SMILES string of the molecule is C/C=C/[C@@H](O)[C@H](C(=O)N(CCCC)CCCC)C(F)(F)F.